The molecule has 0 aromatic rings. The summed E-state index contributed by atoms with van der Waals surface area (Å²) in [5.41, 5.74) is 0.158. The Balaban J connectivity index is 2.34. The predicted octanol–water partition coefficient (Wildman–Crippen LogP) is 2.97. The van der Waals surface area contributed by atoms with Crippen LogP contribution in [0.2, 0.25) is 0 Å². The Morgan fingerprint density at radius 1 is 1.27 bits per heavy atom. The Labute approximate surface area is 94.8 Å². The van der Waals surface area contributed by atoms with Crippen molar-refractivity contribution in [3.8, 4) is 0 Å². The lowest BCUT2D eigenvalue weighted by atomic mass is 9.73. The molecule has 15 heavy (non-hydrogen) atoms. The molecule has 0 saturated heterocycles. The second kappa shape index (κ2) is 5.86. The molecule has 1 atom stereocenters. The van der Waals surface area contributed by atoms with E-state index in [0.717, 1.165) is 5.92 Å². The molecule has 1 N–H and O–H groups in total. The number of hydrogen-bond donors (Lipinski definition) is 1. The monoisotopic (exact) mass is 213 g/mol. The lowest BCUT2D eigenvalue weighted by molar-refractivity contribution is -0.0989. The van der Waals surface area contributed by atoms with E-state index >= 15 is 0 Å². The fourth-order valence-electron chi connectivity index (χ4n) is 2.62. The molecule has 0 aromatic carbocycles. The highest BCUT2D eigenvalue weighted by Crippen LogP contribution is 2.39. The lowest BCUT2D eigenvalue weighted by Crippen LogP contribution is -2.55. The van der Waals surface area contributed by atoms with Gasteiger partial charge in [-0.2, -0.15) is 0 Å². The Bertz CT molecular complexity index is 170. The molecule has 1 rings (SSSR count). The summed E-state index contributed by atoms with van der Waals surface area (Å²) < 4.78 is 5.72. The third-order valence-corrected chi connectivity index (χ3v) is 3.86. The van der Waals surface area contributed by atoms with E-state index in [1.807, 2.05) is 7.11 Å². The summed E-state index contributed by atoms with van der Waals surface area (Å²) in [5.74, 6) is 0.822. The van der Waals surface area contributed by atoms with Gasteiger partial charge in [0.2, 0.25) is 0 Å². The summed E-state index contributed by atoms with van der Waals surface area (Å²) in [6.45, 7) is 4.59. The van der Waals surface area contributed by atoms with E-state index in [4.69, 9.17) is 4.74 Å². The van der Waals surface area contributed by atoms with Crippen molar-refractivity contribution in [3.63, 3.8) is 0 Å². The number of nitrogens with one attached hydrogen (secondary N) is 1. The van der Waals surface area contributed by atoms with Gasteiger partial charge in [0.1, 0.15) is 0 Å². The van der Waals surface area contributed by atoms with Gasteiger partial charge in [-0.3, -0.25) is 0 Å². The zero-order valence-electron chi connectivity index (χ0n) is 10.8. The number of rotatable bonds is 7. The van der Waals surface area contributed by atoms with Crippen molar-refractivity contribution in [2.75, 3.05) is 14.2 Å². The number of likely N-dealkylation sites (N-methyl/N-ethyl adjacent to an activating group) is 1. The number of ether oxygens (including phenoxy) is 1. The van der Waals surface area contributed by atoms with E-state index in [1.54, 1.807) is 0 Å². The van der Waals surface area contributed by atoms with Crippen LogP contribution in [0.5, 0.6) is 0 Å². The van der Waals surface area contributed by atoms with Crippen molar-refractivity contribution >= 4 is 0 Å². The normalized spacial score (nSPS) is 21.4. The van der Waals surface area contributed by atoms with Crippen LogP contribution >= 0.6 is 0 Å². The van der Waals surface area contributed by atoms with Gasteiger partial charge in [0.25, 0.3) is 0 Å². The van der Waals surface area contributed by atoms with Crippen LogP contribution in [-0.4, -0.2) is 25.8 Å². The van der Waals surface area contributed by atoms with E-state index in [-0.39, 0.29) is 5.60 Å². The van der Waals surface area contributed by atoms with E-state index in [2.05, 4.69) is 26.2 Å². The second-order valence-electron chi connectivity index (χ2n) is 5.29. The van der Waals surface area contributed by atoms with E-state index < -0.39 is 0 Å². The fraction of sp³-hybridized carbons (Fsp3) is 1.00. The minimum atomic E-state index is 0.158. The van der Waals surface area contributed by atoms with E-state index in [1.165, 1.54) is 38.5 Å². The molecule has 0 heterocycles. The van der Waals surface area contributed by atoms with Crippen LogP contribution in [0.4, 0.5) is 0 Å². The first kappa shape index (κ1) is 13.0. The molecular weight excluding hydrogens is 186 g/mol. The van der Waals surface area contributed by atoms with Crippen LogP contribution in [-0.2, 0) is 4.74 Å². The van der Waals surface area contributed by atoms with E-state index in [0.29, 0.717) is 6.04 Å². The molecule has 2 nitrogen and oxygen atoms in total. The van der Waals surface area contributed by atoms with Crippen molar-refractivity contribution in [3.05, 3.63) is 0 Å². The van der Waals surface area contributed by atoms with E-state index in [9.17, 15) is 0 Å². The number of hydrogen-bond acceptors (Lipinski definition) is 2. The maximum Gasteiger partial charge on any atom is 0.0830 e. The molecule has 0 aromatic heterocycles. The van der Waals surface area contributed by atoms with Crippen LogP contribution in [0.15, 0.2) is 0 Å². The van der Waals surface area contributed by atoms with Gasteiger partial charge in [-0.25, -0.2) is 0 Å². The summed E-state index contributed by atoms with van der Waals surface area (Å²) in [7, 11) is 3.94. The molecule has 0 bridgehead atoms. The first-order valence-electron chi connectivity index (χ1n) is 6.37. The van der Waals surface area contributed by atoms with Crippen LogP contribution in [0, 0.1) is 5.92 Å². The maximum absolute atomic E-state index is 5.72. The molecule has 0 radical (unpaired) electrons. The smallest absolute Gasteiger partial charge is 0.0830 e. The summed E-state index contributed by atoms with van der Waals surface area (Å²) in [5, 5.41) is 3.44. The predicted molar refractivity (Wildman–Crippen MR) is 65.1 cm³/mol. The van der Waals surface area contributed by atoms with Gasteiger partial charge in [0.15, 0.2) is 0 Å². The van der Waals surface area contributed by atoms with Crippen molar-refractivity contribution < 1.29 is 4.74 Å². The van der Waals surface area contributed by atoms with Gasteiger partial charge in [0.05, 0.1) is 5.60 Å². The van der Waals surface area contributed by atoms with Crippen LogP contribution in [0.1, 0.15) is 52.4 Å². The summed E-state index contributed by atoms with van der Waals surface area (Å²) >= 11 is 0. The molecule has 1 saturated carbocycles. The first-order chi connectivity index (χ1) is 7.14. The zero-order chi connectivity index (χ0) is 11.3. The summed E-state index contributed by atoms with van der Waals surface area (Å²) in [4.78, 5) is 0. The molecular formula is C13H27NO. The van der Waals surface area contributed by atoms with Gasteiger partial charge in [-0.15, -0.1) is 0 Å². The highest BCUT2D eigenvalue weighted by molar-refractivity contribution is 4.99. The zero-order valence-corrected chi connectivity index (χ0v) is 10.8. The number of methoxy groups -OCH3 is 1. The minimum absolute atomic E-state index is 0.158. The highest BCUT2D eigenvalue weighted by atomic mass is 16.5. The summed E-state index contributed by atoms with van der Waals surface area (Å²) in [6.07, 6.45) is 7.69. The van der Waals surface area contributed by atoms with Crippen LogP contribution in [0.3, 0.4) is 0 Å². The van der Waals surface area contributed by atoms with Crippen molar-refractivity contribution in [1.29, 1.82) is 0 Å². The standard InChI is InChI=1S/C13H27NO/c1-11(2)7-5-8-12(14-3)13(15-4)9-6-10-13/h11-12,14H,5-10H2,1-4H3. The first-order valence-corrected chi connectivity index (χ1v) is 6.37. The van der Waals surface area contributed by atoms with Gasteiger partial charge in [-0.1, -0.05) is 26.7 Å². The third kappa shape index (κ3) is 3.18. The Morgan fingerprint density at radius 3 is 2.27 bits per heavy atom. The Kier molecular flexibility index (Phi) is 5.07. The molecule has 1 aliphatic carbocycles. The average Bonchev–Trinajstić information content (AvgIpc) is 2.14. The van der Waals surface area contributed by atoms with Gasteiger partial charge in [0, 0.05) is 13.2 Å². The molecule has 1 fully saturated rings. The minimum Gasteiger partial charge on any atom is -0.377 e. The van der Waals surface area contributed by atoms with Gasteiger partial charge < -0.3 is 10.1 Å². The third-order valence-electron chi connectivity index (χ3n) is 3.86. The average molecular weight is 213 g/mol. The second-order valence-corrected chi connectivity index (χ2v) is 5.29. The molecule has 2 heteroatoms. The van der Waals surface area contributed by atoms with Gasteiger partial charge in [-0.05, 0) is 38.6 Å². The topological polar surface area (TPSA) is 21.3 Å². The maximum atomic E-state index is 5.72. The highest BCUT2D eigenvalue weighted by Gasteiger charge is 2.43. The molecule has 0 amide bonds. The summed E-state index contributed by atoms with van der Waals surface area (Å²) in [6, 6.07) is 0.551. The molecule has 1 aliphatic rings. The molecule has 1 unspecified atom stereocenters. The van der Waals surface area contributed by atoms with Crippen LogP contribution < -0.4 is 5.32 Å². The van der Waals surface area contributed by atoms with Gasteiger partial charge >= 0.3 is 0 Å². The van der Waals surface area contributed by atoms with Crippen LogP contribution in [0.25, 0.3) is 0 Å². The SMILES string of the molecule is CNC(CCCC(C)C)C1(OC)CCC1. The molecule has 0 aliphatic heterocycles. The fourth-order valence-corrected chi connectivity index (χ4v) is 2.62. The van der Waals surface area contributed by atoms with Crippen molar-refractivity contribution in [2.45, 2.75) is 64.0 Å². The molecule has 0 spiro atoms. The lowest BCUT2D eigenvalue weighted by Gasteiger charge is -2.46. The Morgan fingerprint density at radius 2 is 1.93 bits per heavy atom. The Hall–Kier alpha value is -0.0800. The van der Waals surface area contributed by atoms with Crippen molar-refractivity contribution in [1.82, 2.24) is 5.32 Å². The quantitative estimate of drug-likeness (QED) is 0.702. The molecule has 90 valence electrons. The largest absolute Gasteiger partial charge is 0.377 e. The van der Waals surface area contributed by atoms with Crippen molar-refractivity contribution in [2.24, 2.45) is 5.92 Å².